The predicted octanol–water partition coefficient (Wildman–Crippen LogP) is 4.04. The van der Waals surface area contributed by atoms with E-state index in [0.29, 0.717) is 12.8 Å². The zero-order valence-electron chi connectivity index (χ0n) is 15.3. The molecule has 0 aliphatic carbocycles. The van der Waals surface area contributed by atoms with Crippen LogP contribution in [-0.2, 0) is 5.54 Å². The quantitative estimate of drug-likeness (QED) is 0.712. The van der Waals surface area contributed by atoms with Crippen LogP contribution in [0.15, 0.2) is 54.6 Å². The van der Waals surface area contributed by atoms with Gasteiger partial charge < -0.3 is 15.7 Å². The van der Waals surface area contributed by atoms with Gasteiger partial charge in [-0.25, -0.2) is 4.79 Å². The fourth-order valence-corrected chi connectivity index (χ4v) is 2.89. The summed E-state index contributed by atoms with van der Waals surface area (Å²) >= 11 is 0. The van der Waals surface area contributed by atoms with Crippen LogP contribution in [0.5, 0.6) is 0 Å². The van der Waals surface area contributed by atoms with Crippen LogP contribution in [0.25, 0.3) is 0 Å². The van der Waals surface area contributed by atoms with Crippen molar-refractivity contribution in [3.8, 4) is 0 Å². The first kappa shape index (κ1) is 19.0. The van der Waals surface area contributed by atoms with Crippen LogP contribution < -0.4 is 10.6 Å². The summed E-state index contributed by atoms with van der Waals surface area (Å²) in [5, 5.41) is 15.2. The zero-order valence-corrected chi connectivity index (χ0v) is 15.3. The van der Waals surface area contributed by atoms with Crippen molar-refractivity contribution in [2.45, 2.75) is 45.2 Å². The normalized spacial score (nSPS) is 12.5. The Hall–Kier alpha value is -2.33. The van der Waals surface area contributed by atoms with Crippen LogP contribution in [0.3, 0.4) is 0 Å². The summed E-state index contributed by atoms with van der Waals surface area (Å²) in [6.07, 6.45) is 1.33. The first-order valence-electron chi connectivity index (χ1n) is 8.74. The topological polar surface area (TPSA) is 61.4 Å². The van der Waals surface area contributed by atoms with Crippen LogP contribution in [0.1, 0.15) is 49.4 Å². The van der Waals surface area contributed by atoms with E-state index in [1.54, 1.807) is 0 Å². The average molecular weight is 340 g/mol. The Labute approximate surface area is 150 Å². The maximum atomic E-state index is 12.6. The summed E-state index contributed by atoms with van der Waals surface area (Å²) in [5.74, 6) is 0. The third kappa shape index (κ3) is 5.61. The number of aryl methyl sites for hydroxylation is 1. The first-order valence-corrected chi connectivity index (χ1v) is 8.74. The number of rotatable bonds is 7. The number of hydrogen-bond acceptors (Lipinski definition) is 2. The highest BCUT2D eigenvalue weighted by Crippen LogP contribution is 2.22. The van der Waals surface area contributed by atoms with E-state index in [9.17, 15) is 4.79 Å². The largest absolute Gasteiger partial charge is 0.396 e. The molecule has 134 valence electrons. The molecule has 0 aromatic heterocycles. The fourth-order valence-electron chi connectivity index (χ4n) is 2.89. The molecule has 0 aliphatic heterocycles. The van der Waals surface area contributed by atoms with Crippen molar-refractivity contribution in [3.05, 3.63) is 71.3 Å². The molecule has 2 aromatic rings. The summed E-state index contributed by atoms with van der Waals surface area (Å²) in [5.41, 5.74) is 2.79. The Balaban J connectivity index is 2.07. The molecule has 0 spiro atoms. The Kier molecular flexibility index (Phi) is 6.59. The fraction of sp³-hybridized carbons (Fsp3) is 0.381. The second-order valence-corrected chi connectivity index (χ2v) is 6.92. The van der Waals surface area contributed by atoms with Gasteiger partial charge in [-0.05, 0) is 44.7 Å². The van der Waals surface area contributed by atoms with E-state index in [1.807, 2.05) is 69.3 Å². The molecule has 25 heavy (non-hydrogen) atoms. The molecule has 3 N–H and O–H groups in total. The van der Waals surface area contributed by atoms with Crippen molar-refractivity contribution >= 4 is 6.03 Å². The summed E-state index contributed by atoms with van der Waals surface area (Å²) in [6, 6.07) is 17.7. The van der Waals surface area contributed by atoms with Crippen molar-refractivity contribution in [3.63, 3.8) is 0 Å². The molecule has 4 heteroatoms. The molecule has 2 rings (SSSR count). The van der Waals surface area contributed by atoms with E-state index in [-0.39, 0.29) is 18.7 Å². The number of urea groups is 1. The highest BCUT2D eigenvalue weighted by Gasteiger charge is 2.24. The SMILES string of the molecule is Cc1cccc(C(C)(C)NC(=O)NC(CCCO)c2ccccc2)c1. The number of aliphatic hydroxyl groups is 1. The molecule has 0 radical (unpaired) electrons. The molecule has 0 aliphatic rings. The first-order chi connectivity index (χ1) is 11.9. The van der Waals surface area contributed by atoms with Gasteiger partial charge >= 0.3 is 6.03 Å². The van der Waals surface area contributed by atoms with Crippen LogP contribution >= 0.6 is 0 Å². The number of benzene rings is 2. The molecular formula is C21H28N2O2. The van der Waals surface area contributed by atoms with E-state index >= 15 is 0 Å². The Morgan fingerprint density at radius 3 is 2.48 bits per heavy atom. The lowest BCUT2D eigenvalue weighted by molar-refractivity contribution is 0.222. The Morgan fingerprint density at radius 1 is 1.12 bits per heavy atom. The molecule has 1 unspecified atom stereocenters. The Bertz CT molecular complexity index is 683. The maximum absolute atomic E-state index is 12.6. The van der Waals surface area contributed by atoms with Crippen molar-refractivity contribution in [1.82, 2.24) is 10.6 Å². The molecule has 2 aromatic carbocycles. The average Bonchev–Trinajstić information content (AvgIpc) is 2.59. The molecule has 0 saturated heterocycles. The highest BCUT2D eigenvalue weighted by molar-refractivity contribution is 5.75. The second-order valence-electron chi connectivity index (χ2n) is 6.92. The number of carbonyl (C=O) groups excluding carboxylic acids is 1. The monoisotopic (exact) mass is 340 g/mol. The molecule has 0 saturated carbocycles. The third-order valence-corrected chi connectivity index (χ3v) is 4.32. The molecule has 0 fully saturated rings. The molecule has 2 amide bonds. The molecule has 0 heterocycles. The van der Waals surface area contributed by atoms with Crippen molar-refractivity contribution in [1.29, 1.82) is 0 Å². The predicted molar refractivity (Wildman–Crippen MR) is 101 cm³/mol. The second kappa shape index (κ2) is 8.67. The molecular weight excluding hydrogens is 312 g/mol. The van der Waals surface area contributed by atoms with Crippen molar-refractivity contribution < 1.29 is 9.90 Å². The van der Waals surface area contributed by atoms with Crippen LogP contribution in [0.4, 0.5) is 4.79 Å². The number of aliphatic hydroxyl groups excluding tert-OH is 1. The van der Waals surface area contributed by atoms with Crippen LogP contribution in [-0.4, -0.2) is 17.7 Å². The summed E-state index contributed by atoms with van der Waals surface area (Å²) < 4.78 is 0. The smallest absolute Gasteiger partial charge is 0.315 e. The van der Waals surface area contributed by atoms with Gasteiger partial charge in [0, 0.05) is 6.61 Å². The van der Waals surface area contributed by atoms with E-state index in [0.717, 1.165) is 16.7 Å². The number of amides is 2. The van der Waals surface area contributed by atoms with Crippen LogP contribution in [0, 0.1) is 6.92 Å². The molecule has 4 nitrogen and oxygen atoms in total. The van der Waals surface area contributed by atoms with Crippen molar-refractivity contribution in [2.24, 2.45) is 0 Å². The van der Waals surface area contributed by atoms with Gasteiger partial charge in [-0.2, -0.15) is 0 Å². The third-order valence-electron chi connectivity index (χ3n) is 4.32. The maximum Gasteiger partial charge on any atom is 0.315 e. The lowest BCUT2D eigenvalue weighted by Crippen LogP contribution is -2.47. The number of nitrogens with one attached hydrogen (secondary N) is 2. The molecule has 0 bridgehead atoms. The standard InChI is InChI=1S/C21H28N2O2/c1-16-9-7-12-18(15-16)21(2,3)23-20(25)22-19(13-8-14-24)17-10-5-4-6-11-17/h4-7,9-12,15,19,24H,8,13-14H2,1-3H3,(H2,22,23,25). The minimum Gasteiger partial charge on any atom is -0.396 e. The highest BCUT2D eigenvalue weighted by atomic mass is 16.3. The summed E-state index contributed by atoms with van der Waals surface area (Å²) in [6.45, 7) is 6.14. The van der Waals surface area contributed by atoms with Gasteiger partial charge in [0.2, 0.25) is 0 Å². The van der Waals surface area contributed by atoms with Crippen LogP contribution in [0.2, 0.25) is 0 Å². The lowest BCUT2D eigenvalue weighted by atomic mass is 9.93. The lowest BCUT2D eigenvalue weighted by Gasteiger charge is -2.29. The van der Waals surface area contributed by atoms with Gasteiger partial charge in [0.05, 0.1) is 11.6 Å². The summed E-state index contributed by atoms with van der Waals surface area (Å²) in [4.78, 5) is 12.6. The van der Waals surface area contributed by atoms with Gasteiger partial charge in [-0.3, -0.25) is 0 Å². The van der Waals surface area contributed by atoms with Gasteiger partial charge in [0.25, 0.3) is 0 Å². The van der Waals surface area contributed by atoms with Gasteiger partial charge in [0.1, 0.15) is 0 Å². The van der Waals surface area contributed by atoms with E-state index in [4.69, 9.17) is 5.11 Å². The van der Waals surface area contributed by atoms with Gasteiger partial charge in [0.15, 0.2) is 0 Å². The summed E-state index contributed by atoms with van der Waals surface area (Å²) in [7, 11) is 0. The van der Waals surface area contributed by atoms with Gasteiger partial charge in [-0.1, -0.05) is 60.2 Å². The van der Waals surface area contributed by atoms with Crippen molar-refractivity contribution in [2.75, 3.05) is 6.61 Å². The van der Waals surface area contributed by atoms with E-state index in [2.05, 4.69) is 16.7 Å². The van der Waals surface area contributed by atoms with E-state index in [1.165, 1.54) is 0 Å². The minimum atomic E-state index is -0.478. The molecule has 1 atom stereocenters. The minimum absolute atomic E-state index is 0.113. The number of hydrogen-bond donors (Lipinski definition) is 3. The van der Waals surface area contributed by atoms with Gasteiger partial charge in [-0.15, -0.1) is 0 Å². The number of carbonyl (C=O) groups is 1. The zero-order chi connectivity index (χ0) is 18.3. The Morgan fingerprint density at radius 2 is 1.84 bits per heavy atom. The van der Waals surface area contributed by atoms with E-state index < -0.39 is 5.54 Å².